The molecule has 1 aromatic heterocycles. The fourth-order valence-electron chi connectivity index (χ4n) is 5.01. The van der Waals surface area contributed by atoms with Crippen LogP contribution in [0.2, 0.25) is 0 Å². The Morgan fingerprint density at radius 2 is 1.84 bits per heavy atom. The van der Waals surface area contributed by atoms with E-state index in [4.69, 9.17) is 14.3 Å². The number of carbonyl (C=O) groups is 2. The highest BCUT2D eigenvalue weighted by atomic mass is 16.5. The molecule has 32 heavy (non-hydrogen) atoms. The van der Waals surface area contributed by atoms with E-state index >= 15 is 0 Å². The zero-order valence-electron chi connectivity index (χ0n) is 18.7. The molecule has 2 aliphatic carbocycles. The van der Waals surface area contributed by atoms with Gasteiger partial charge in [-0.3, -0.25) is 9.59 Å². The summed E-state index contributed by atoms with van der Waals surface area (Å²) >= 11 is 0. The number of carboxylic acids is 1. The fraction of sp³-hybridized carbons (Fsp3) is 0.560. The van der Waals surface area contributed by atoms with Gasteiger partial charge >= 0.3 is 11.6 Å². The quantitative estimate of drug-likeness (QED) is 0.662. The molecule has 0 saturated heterocycles. The Morgan fingerprint density at radius 3 is 2.53 bits per heavy atom. The average molecular weight is 442 g/mol. The second-order valence-corrected chi connectivity index (χ2v) is 9.25. The topological polar surface area (TPSA) is 106 Å². The summed E-state index contributed by atoms with van der Waals surface area (Å²) in [6.45, 7) is 4.15. The molecule has 2 aliphatic rings. The third-order valence-electron chi connectivity index (χ3n) is 6.86. The molecule has 1 saturated carbocycles. The molecule has 0 radical (unpaired) electrons. The van der Waals surface area contributed by atoms with Crippen LogP contribution >= 0.6 is 0 Å². The number of aryl methyl sites for hydroxylation is 2. The molecule has 172 valence electrons. The molecular weight excluding hydrogens is 410 g/mol. The van der Waals surface area contributed by atoms with E-state index in [0.29, 0.717) is 43.1 Å². The summed E-state index contributed by atoms with van der Waals surface area (Å²) in [5.74, 6) is -0.316. The van der Waals surface area contributed by atoms with Crippen molar-refractivity contribution >= 4 is 22.8 Å². The number of carboxylic acid groups (broad SMARTS) is 1. The van der Waals surface area contributed by atoms with E-state index in [1.807, 2.05) is 19.1 Å². The minimum absolute atomic E-state index is 0.203. The summed E-state index contributed by atoms with van der Waals surface area (Å²) < 4.78 is 11.7. The number of fused-ring (bicyclic) bond motifs is 3. The van der Waals surface area contributed by atoms with E-state index in [-0.39, 0.29) is 17.5 Å². The first kappa shape index (κ1) is 22.4. The maximum absolute atomic E-state index is 12.7. The zero-order valence-corrected chi connectivity index (χ0v) is 18.7. The van der Waals surface area contributed by atoms with Crippen LogP contribution < -0.4 is 15.7 Å². The van der Waals surface area contributed by atoms with Gasteiger partial charge in [0.1, 0.15) is 11.3 Å². The second-order valence-electron chi connectivity index (χ2n) is 9.25. The van der Waals surface area contributed by atoms with Gasteiger partial charge in [0.15, 0.2) is 6.10 Å². The van der Waals surface area contributed by atoms with Gasteiger partial charge in [-0.25, -0.2) is 4.79 Å². The molecule has 4 rings (SSSR count). The minimum atomic E-state index is -0.724. The van der Waals surface area contributed by atoms with Crippen LogP contribution in [-0.2, 0) is 22.4 Å². The summed E-state index contributed by atoms with van der Waals surface area (Å²) in [4.78, 5) is 36.2. The SMILES string of the molecule is Cc1cc(OC(C)C(=O)NCC2CCC(C(=O)O)CC2)c2c3c(c(=O)oc2c1)CCCC3. The predicted molar refractivity (Wildman–Crippen MR) is 120 cm³/mol. The molecular formula is C25H31NO6. The average Bonchev–Trinajstić information content (AvgIpc) is 2.77. The van der Waals surface area contributed by atoms with Gasteiger partial charge in [-0.05, 0) is 94.4 Å². The molecule has 0 spiro atoms. The number of nitrogens with one attached hydrogen (secondary N) is 1. The standard InChI is InChI=1S/C25H31NO6/c1-14-11-20(22-18-5-3-4-6-19(18)25(30)32-21(22)12-14)31-15(2)23(27)26-13-16-7-9-17(10-8-16)24(28)29/h11-12,15-17H,3-10,13H2,1-2H3,(H,26,27)(H,28,29). The maximum atomic E-state index is 12.7. The van der Waals surface area contributed by atoms with Crippen LogP contribution in [0.5, 0.6) is 5.75 Å². The summed E-state index contributed by atoms with van der Waals surface area (Å²) in [5, 5.41) is 12.9. The summed E-state index contributed by atoms with van der Waals surface area (Å²) in [6, 6.07) is 3.74. The number of carbonyl (C=O) groups excluding carboxylic acids is 1. The molecule has 2 N–H and O–H groups in total. The van der Waals surface area contributed by atoms with E-state index in [1.54, 1.807) is 6.92 Å². The number of aliphatic carboxylic acids is 1. The van der Waals surface area contributed by atoms with E-state index in [1.165, 1.54) is 0 Å². The van der Waals surface area contributed by atoms with Crippen molar-refractivity contribution in [2.75, 3.05) is 6.54 Å². The van der Waals surface area contributed by atoms with E-state index in [0.717, 1.165) is 54.2 Å². The largest absolute Gasteiger partial charge is 0.481 e. The van der Waals surface area contributed by atoms with Crippen molar-refractivity contribution in [3.05, 3.63) is 39.2 Å². The molecule has 0 bridgehead atoms. The van der Waals surface area contributed by atoms with Crippen LogP contribution in [0.25, 0.3) is 11.0 Å². The Bertz CT molecular complexity index is 1080. The van der Waals surface area contributed by atoms with Crippen molar-refractivity contribution in [1.29, 1.82) is 0 Å². The van der Waals surface area contributed by atoms with Crippen molar-refractivity contribution in [2.24, 2.45) is 11.8 Å². The molecule has 1 atom stereocenters. The van der Waals surface area contributed by atoms with E-state index in [2.05, 4.69) is 5.32 Å². The minimum Gasteiger partial charge on any atom is -0.481 e. The number of hydrogen-bond acceptors (Lipinski definition) is 5. The molecule has 1 unspecified atom stereocenters. The van der Waals surface area contributed by atoms with Gasteiger partial charge in [0.05, 0.1) is 11.3 Å². The lowest BCUT2D eigenvalue weighted by atomic mass is 9.82. The van der Waals surface area contributed by atoms with Gasteiger partial charge in [0, 0.05) is 12.1 Å². The van der Waals surface area contributed by atoms with Crippen molar-refractivity contribution in [1.82, 2.24) is 5.32 Å². The Morgan fingerprint density at radius 1 is 1.16 bits per heavy atom. The van der Waals surface area contributed by atoms with Crippen molar-refractivity contribution in [3.8, 4) is 5.75 Å². The molecule has 1 fully saturated rings. The number of rotatable bonds is 6. The lowest BCUT2D eigenvalue weighted by Gasteiger charge is -2.26. The number of ether oxygens (including phenoxy) is 1. The van der Waals surface area contributed by atoms with Crippen LogP contribution in [0.15, 0.2) is 21.3 Å². The molecule has 0 aliphatic heterocycles. The van der Waals surface area contributed by atoms with Crippen molar-refractivity contribution < 1.29 is 23.8 Å². The van der Waals surface area contributed by atoms with Crippen LogP contribution in [0.4, 0.5) is 0 Å². The number of amides is 1. The molecule has 7 heteroatoms. The Balaban J connectivity index is 1.46. The lowest BCUT2D eigenvalue weighted by Crippen LogP contribution is -2.39. The van der Waals surface area contributed by atoms with Gasteiger partial charge in [0.25, 0.3) is 5.91 Å². The smallest absolute Gasteiger partial charge is 0.339 e. The zero-order chi connectivity index (χ0) is 22.8. The third kappa shape index (κ3) is 4.66. The second kappa shape index (κ2) is 9.35. The Kier molecular flexibility index (Phi) is 6.53. The molecule has 1 heterocycles. The summed E-state index contributed by atoms with van der Waals surface area (Å²) in [5.41, 5.74) is 2.85. The van der Waals surface area contributed by atoms with Gasteiger partial charge in [0.2, 0.25) is 0 Å². The predicted octanol–water partition coefficient (Wildman–Crippen LogP) is 3.75. The van der Waals surface area contributed by atoms with Crippen LogP contribution in [0.1, 0.15) is 62.1 Å². The van der Waals surface area contributed by atoms with Crippen molar-refractivity contribution in [2.45, 2.75) is 71.3 Å². The maximum Gasteiger partial charge on any atom is 0.339 e. The van der Waals surface area contributed by atoms with Crippen LogP contribution in [0.3, 0.4) is 0 Å². The molecule has 1 amide bonds. The number of benzene rings is 1. The highest BCUT2D eigenvalue weighted by molar-refractivity contribution is 5.89. The van der Waals surface area contributed by atoms with Crippen LogP contribution in [-0.4, -0.2) is 29.6 Å². The Hall–Kier alpha value is -2.83. The Labute approximate surface area is 187 Å². The first-order valence-corrected chi connectivity index (χ1v) is 11.6. The van der Waals surface area contributed by atoms with Crippen molar-refractivity contribution in [3.63, 3.8) is 0 Å². The van der Waals surface area contributed by atoms with Gasteiger partial charge in [-0.2, -0.15) is 0 Å². The third-order valence-corrected chi connectivity index (χ3v) is 6.86. The monoisotopic (exact) mass is 441 g/mol. The highest BCUT2D eigenvalue weighted by Gasteiger charge is 2.27. The van der Waals surface area contributed by atoms with Gasteiger partial charge < -0.3 is 19.6 Å². The molecule has 1 aromatic carbocycles. The lowest BCUT2D eigenvalue weighted by molar-refractivity contribution is -0.143. The first-order valence-electron chi connectivity index (χ1n) is 11.6. The fourth-order valence-corrected chi connectivity index (χ4v) is 5.01. The van der Waals surface area contributed by atoms with E-state index < -0.39 is 12.1 Å². The van der Waals surface area contributed by atoms with E-state index in [9.17, 15) is 14.4 Å². The normalized spacial score (nSPS) is 21.6. The summed E-state index contributed by atoms with van der Waals surface area (Å²) in [6.07, 6.45) is 5.72. The van der Waals surface area contributed by atoms with Gasteiger partial charge in [-0.1, -0.05) is 0 Å². The van der Waals surface area contributed by atoms with Gasteiger partial charge in [-0.15, -0.1) is 0 Å². The molecule has 2 aromatic rings. The summed E-state index contributed by atoms with van der Waals surface area (Å²) in [7, 11) is 0. The molecule has 7 nitrogen and oxygen atoms in total. The first-order chi connectivity index (χ1) is 15.3. The number of hydrogen-bond donors (Lipinski definition) is 2. The highest BCUT2D eigenvalue weighted by Crippen LogP contribution is 2.35. The van der Waals surface area contributed by atoms with Crippen LogP contribution in [0, 0.1) is 18.8 Å².